The quantitative estimate of drug-likeness (QED) is 0.816. The number of piperidine rings is 1. The van der Waals surface area contributed by atoms with Crippen LogP contribution in [0.2, 0.25) is 0 Å². The first-order valence-corrected chi connectivity index (χ1v) is 9.12. The molecule has 2 unspecified atom stereocenters. The second kappa shape index (κ2) is 9.78. The molecule has 0 bridgehead atoms. The number of ether oxygens (including phenoxy) is 1. The molecule has 0 aliphatic carbocycles. The topological polar surface area (TPSA) is 70.7 Å². The van der Waals surface area contributed by atoms with Crippen molar-refractivity contribution in [1.29, 1.82) is 0 Å². The Kier molecular flexibility index (Phi) is 7.72. The Labute approximate surface area is 161 Å². The third-order valence-corrected chi connectivity index (χ3v) is 5.08. The van der Waals surface area contributed by atoms with Gasteiger partial charge >= 0.3 is 0 Å². The predicted molar refractivity (Wildman–Crippen MR) is 103 cm³/mol. The first kappa shape index (κ1) is 20.5. The van der Waals surface area contributed by atoms with Gasteiger partial charge < -0.3 is 20.3 Å². The van der Waals surface area contributed by atoms with Crippen LogP contribution in [0.1, 0.15) is 36.0 Å². The van der Waals surface area contributed by atoms with Gasteiger partial charge in [-0.25, -0.2) is 0 Å². The lowest BCUT2D eigenvalue weighted by Crippen LogP contribution is -2.46. The lowest BCUT2D eigenvalue weighted by Gasteiger charge is -2.33. The summed E-state index contributed by atoms with van der Waals surface area (Å²) in [5.74, 6) is 1.21. The molecule has 2 fully saturated rings. The highest BCUT2D eigenvalue weighted by molar-refractivity contribution is 5.94. The van der Waals surface area contributed by atoms with Crippen molar-refractivity contribution in [3.63, 3.8) is 0 Å². The number of halogens is 1. The van der Waals surface area contributed by atoms with Gasteiger partial charge in [-0.2, -0.15) is 0 Å². The Morgan fingerprint density at radius 3 is 2.65 bits per heavy atom. The van der Waals surface area contributed by atoms with E-state index in [0.29, 0.717) is 24.6 Å². The maximum atomic E-state index is 12.7. The minimum absolute atomic E-state index is 0. The van der Waals surface area contributed by atoms with Gasteiger partial charge in [0.05, 0.1) is 13.2 Å². The molecular weight excluding hydrogens is 354 g/mol. The van der Waals surface area contributed by atoms with Gasteiger partial charge in [0.25, 0.3) is 5.91 Å². The minimum Gasteiger partial charge on any atom is -0.497 e. The second-order valence-corrected chi connectivity index (χ2v) is 6.88. The van der Waals surface area contributed by atoms with Crippen LogP contribution in [-0.4, -0.2) is 56.0 Å². The molecule has 3 rings (SSSR count). The van der Waals surface area contributed by atoms with Gasteiger partial charge in [0.1, 0.15) is 5.75 Å². The molecule has 0 aromatic heterocycles. The van der Waals surface area contributed by atoms with Gasteiger partial charge in [-0.1, -0.05) is 0 Å². The number of nitrogens with zero attached hydrogens (tertiary/aromatic N) is 1. The normalized spacial score (nSPS) is 22.4. The van der Waals surface area contributed by atoms with Crippen molar-refractivity contribution < 1.29 is 14.3 Å². The Morgan fingerprint density at radius 1 is 1.23 bits per heavy atom. The molecule has 0 radical (unpaired) electrons. The van der Waals surface area contributed by atoms with Crippen LogP contribution >= 0.6 is 12.4 Å². The van der Waals surface area contributed by atoms with Gasteiger partial charge in [0, 0.05) is 25.2 Å². The lowest BCUT2D eigenvalue weighted by molar-refractivity contribution is -0.123. The van der Waals surface area contributed by atoms with Crippen molar-refractivity contribution >= 4 is 24.2 Å². The van der Waals surface area contributed by atoms with E-state index >= 15 is 0 Å². The molecule has 1 aromatic carbocycles. The van der Waals surface area contributed by atoms with E-state index in [2.05, 4.69) is 10.6 Å². The van der Waals surface area contributed by atoms with Gasteiger partial charge in [0.15, 0.2) is 0 Å². The summed E-state index contributed by atoms with van der Waals surface area (Å²) in [6, 6.07) is 7.18. The molecule has 2 atom stereocenters. The monoisotopic (exact) mass is 381 g/mol. The van der Waals surface area contributed by atoms with Crippen molar-refractivity contribution in [2.24, 2.45) is 5.92 Å². The molecule has 0 spiro atoms. The number of benzene rings is 1. The van der Waals surface area contributed by atoms with Gasteiger partial charge in [-0.15, -0.1) is 12.4 Å². The average molecular weight is 382 g/mol. The van der Waals surface area contributed by atoms with Crippen LogP contribution in [0, 0.1) is 5.92 Å². The zero-order chi connectivity index (χ0) is 17.6. The van der Waals surface area contributed by atoms with Crippen LogP contribution in [0.15, 0.2) is 24.3 Å². The SMILES string of the molecule is COc1ccc(C(=O)N2CCCC(CNC(=O)C3CCCN3)C2)cc1.Cl. The molecular formula is C19H28ClN3O3. The Hall–Kier alpha value is -1.79. The Balaban J connectivity index is 0.00000243. The fraction of sp³-hybridized carbons (Fsp3) is 0.579. The third-order valence-electron chi connectivity index (χ3n) is 5.08. The molecule has 2 heterocycles. The molecule has 144 valence electrons. The number of carbonyl (C=O) groups is 2. The second-order valence-electron chi connectivity index (χ2n) is 6.88. The van der Waals surface area contributed by atoms with E-state index in [1.807, 2.05) is 17.0 Å². The van der Waals surface area contributed by atoms with E-state index < -0.39 is 0 Å². The van der Waals surface area contributed by atoms with Crippen molar-refractivity contribution in [2.75, 3.05) is 33.3 Å². The number of hydrogen-bond donors (Lipinski definition) is 2. The first-order valence-electron chi connectivity index (χ1n) is 9.12. The van der Waals surface area contributed by atoms with Crippen LogP contribution in [0.25, 0.3) is 0 Å². The number of hydrogen-bond acceptors (Lipinski definition) is 4. The van der Waals surface area contributed by atoms with Crippen LogP contribution in [0.5, 0.6) is 5.75 Å². The van der Waals surface area contributed by atoms with E-state index in [9.17, 15) is 9.59 Å². The van der Waals surface area contributed by atoms with E-state index in [0.717, 1.165) is 44.5 Å². The molecule has 2 saturated heterocycles. The fourth-order valence-corrected chi connectivity index (χ4v) is 3.61. The van der Waals surface area contributed by atoms with Crippen molar-refractivity contribution in [1.82, 2.24) is 15.5 Å². The summed E-state index contributed by atoms with van der Waals surface area (Å²) in [7, 11) is 1.61. The van der Waals surface area contributed by atoms with Crippen molar-refractivity contribution in [2.45, 2.75) is 31.7 Å². The highest BCUT2D eigenvalue weighted by Gasteiger charge is 2.26. The third kappa shape index (κ3) is 5.11. The van der Waals surface area contributed by atoms with E-state index in [-0.39, 0.29) is 30.3 Å². The first-order chi connectivity index (χ1) is 12.2. The molecule has 1 aromatic rings. The van der Waals surface area contributed by atoms with Gasteiger partial charge in [-0.05, 0) is 62.4 Å². The average Bonchev–Trinajstić information content (AvgIpc) is 3.21. The van der Waals surface area contributed by atoms with Gasteiger partial charge in [0.2, 0.25) is 5.91 Å². The van der Waals surface area contributed by atoms with Crippen LogP contribution in [0.4, 0.5) is 0 Å². The predicted octanol–water partition coefficient (Wildman–Crippen LogP) is 1.84. The molecule has 2 N–H and O–H groups in total. The number of rotatable bonds is 5. The molecule has 6 nitrogen and oxygen atoms in total. The lowest BCUT2D eigenvalue weighted by atomic mass is 9.97. The zero-order valence-electron chi connectivity index (χ0n) is 15.2. The maximum absolute atomic E-state index is 12.7. The Morgan fingerprint density at radius 2 is 2.00 bits per heavy atom. The standard InChI is InChI=1S/C19H27N3O3.ClH/c1-25-16-8-6-15(7-9-16)19(24)22-11-3-4-14(13-22)12-21-18(23)17-5-2-10-20-17;/h6-9,14,17,20H,2-5,10-13H2,1H3,(H,21,23);1H. The Bertz CT molecular complexity index is 603. The van der Waals surface area contributed by atoms with E-state index in [1.165, 1.54) is 0 Å². The van der Waals surface area contributed by atoms with Gasteiger partial charge in [-0.3, -0.25) is 9.59 Å². The largest absolute Gasteiger partial charge is 0.497 e. The molecule has 2 amide bonds. The summed E-state index contributed by atoms with van der Waals surface area (Å²) in [4.78, 5) is 26.7. The highest BCUT2D eigenvalue weighted by atomic mass is 35.5. The number of carbonyl (C=O) groups excluding carboxylic acids is 2. The maximum Gasteiger partial charge on any atom is 0.253 e. The molecule has 2 aliphatic rings. The smallest absolute Gasteiger partial charge is 0.253 e. The van der Waals surface area contributed by atoms with Crippen molar-refractivity contribution in [3.8, 4) is 5.75 Å². The summed E-state index contributed by atoms with van der Waals surface area (Å²) in [5, 5.41) is 6.27. The van der Waals surface area contributed by atoms with Crippen molar-refractivity contribution in [3.05, 3.63) is 29.8 Å². The number of likely N-dealkylation sites (tertiary alicyclic amines) is 1. The molecule has 7 heteroatoms. The fourth-order valence-electron chi connectivity index (χ4n) is 3.61. The summed E-state index contributed by atoms with van der Waals surface area (Å²) in [6.45, 7) is 3.04. The zero-order valence-corrected chi connectivity index (χ0v) is 16.0. The molecule has 26 heavy (non-hydrogen) atoms. The summed E-state index contributed by atoms with van der Waals surface area (Å²) in [6.07, 6.45) is 4.00. The minimum atomic E-state index is -0.0411. The van der Waals surface area contributed by atoms with E-state index in [4.69, 9.17) is 4.74 Å². The molecule has 0 saturated carbocycles. The van der Waals surface area contributed by atoms with E-state index in [1.54, 1.807) is 19.2 Å². The number of nitrogens with one attached hydrogen (secondary N) is 2. The molecule has 2 aliphatic heterocycles. The summed E-state index contributed by atoms with van der Waals surface area (Å²) < 4.78 is 5.14. The highest BCUT2D eigenvalue weighted by Crippen LogP contribution is 2.20. The van der Waals surface area contributed by atoms with Crippen LogP contribution in [0.3, 0.4) is 0 Å². The summed E-state index contributed by atoms with van der Waals surface area (Å²) in [5.41, 5.74) is 0.681. The number of methoxy groups -OCH3 is 1. The number of amides is 2. The van der Waals surface area contributed by atoms with Crippen LogP contribution < -0.4 is 15.4 Å². The summed E-state index contributed by atoms with van der Waals surface area (Å²) >= 11 is 0. The van der Waals surface area contributed by atoms with Crippen LogP contribution in [-0.2, 0) is 4.79 Å².